The van der Waals surface area contributed by atoms with Crippen LogP contribution in [-0.2, 0) is 0 Å². The number of methoxy groups -OCH3 is 1. The number of H-pyrrole nitrogens is 2. The molecule has 0 bridgehead atoms. The molecule has 3 heterocycles. The number of hydrogen-bond acceptors (Lipinski definition) is 4. The molecule has 1 aliphatic rings. The summed E-state index contributed by atoms with van der Waals surface area (Å²) in [6.45, 7) is 4.82. The van der Waals surface area contributed by atoms with E-state index in [4.69, 9.17) is 9.73 Å². The summed E-state index contributed by atoms with van der Waals surface area (Å²) in [5.41, 5.74) is 11.7. The Hall–Kier alpha value is -3.09. The minimum atomic E-state index is 0.668. The van der Waals surface area contributed by atoms with Crippen LogP contribution in [0.2, 0.25) is 0 Å². The van der Waals surface area contributed by atoms with Crippen molar-refractivity contribution in [2.45, 2.75) is 13.8 Å². The second-order valence-electron chi connectivity index (χ2n) is 6.92. The lowest BCUT2D eigenvalue weighted by atomic mass is 10.1. The van der Waals surface area contributed by atoms with Crippen molar-refractivity contribution in [1.29, 1.82) is 0 Å². The summed E-state index contributed by atoms with van der Waals surface area (Å²) in [6, 6.07) is 12.4. The zero-order valence-electron chi connectivity index (χ0n) is 16.6. The number of rotatable bonds is 5. The molecule has 0 amide bonds. The lowest BCUT2D eigenvalue weighted by Crippen LogP contribution is -2.33. The fourth-order valence-electron chi connectivity index (χ4n) is 3.62. The topological polar surface area (TPSA) is 77.2 Å². The van der Waals surface area contributed by atoms with Gasteiger partial charge in [-0.15, -0.1) is 0 Å². The van der Waals surface area contributed by atoms with E-state index in [1.54, 1.807) is 7.11 Å². The van der Waals surface area contributed by atoms with Crippen molar-refractivity contribution >= 4 is 17.3 Å². The maximum atomic E-state index is 5.63. The van der Waals surface area contributed by atoms with E-state index in [0.29, 0.717) is 6.54 Å². The second kappa shape index (κ2) is 7.50. The highest BCUT2D eigenvalue weighted by Crippen LogP contribution is 2.14. The first-order valence-electron chi connectivity index (χ1n) is 9.33. The van der Waals surface area contributed by atoms with Gasteiger partial charge >= 0.3 is 0 Å². The molecule has 0 atom stereocenters. The Balaban J connectivity index is 1.94. The third-order valence-corrected chi connectivity index (χ3v) is 4.95. The van der Waals surface area contributed by atoms with Crippen LogP contribution >= 0.6 is 0 Å². The number of aryl methyl sites for hydroxylation is 2. The van der Waals surface area contributed by atoms with Crippen molar-refractivity contribution in [3.8, 4) is 5.75 Å². The minimum Gasteiger partial charge on any atom is -0.494 e. The van der Waals surface area contributed by atoms with Crippen LogP contribution in [0.25, 0.3) is 17.3 Å². The molecule has 4 rings (SSSR count). The normalized spacial score (nSPS) is 15.7. The summed E-state index contributed by atoms with van der Waals surface area (Å²) in [7, 11) is 3.55. The molecule has 0 aliphatic carbocycles. The van der Waals surface area contributed by atoms with Gasteiger partial charge in [-0.3, -0.25) is 10.9 Å². The van der Waals surface area contributed by atoms with E-state index in [0.717, 1.165) is 49.7 Å². The highest BCUT2D eigenvalue weighted by molar-refractivity contribution is 5.89. The zero-order valence-corrected chi connectivity index (χ0v) is 16.6. The Labute approximate surface area is 163 Å². The van der Waals surface area contributed by atoms with E-state index in [-0.39, 0.29) is 0 Å². The van der Waals surface area contributed by atoms with Crippen LogP contribution in [0.4, 0.5) is 0 Å². The monoisotopic (exact) mass is 375 g/mol. The van der Waals surface area contributed by atoms with Gasteiger partial charge in [-0.05, 0) is 44.7 Å². The van der Waals surface area contributed by atoms with Gasteiger partial charge in [0.25, 0.3) is 0 Å². The number of aromatic nitrogens is 2. The highest BCUT2D eigenvalue weighted by Gasteiger charge is 2.15. The zero-order chi connectivity index (χ0) is 19.7. The van der Waals surface area contributed by atoms with Gasteiger partial charge in [0.15, 0.2) is 0 Å². The fraction of sp³-hybridized carbons (Fsp3) is 0.227. The van der Waals surface area contributed by atoms with Crippen molar-refractivity contribution in [3.05, 3.63) is 74.6 Å². The van der Waals surface area contributed by atoms with E-state index < -0.39 is 0 Å². The van der Waals surface area contributed by atoms with E-state index in [1.807, 2.05) is 31.3 Å². The number of benzene rings is 1. The predicted molar refractivity (Wildman–Crippen MR) is 112 cm³/mol. The first-order chi connectivity index (χ1) is 13.6. The quantitative estimate of drug-likeness (QED) is 0.478. The Kier molecular flexibility index (Phi) is 4.90. The standard InChI is InChI=1S/C22H25N5O/c1-13-9-14(2)25-18(13)10-19-21(28-4)11-20(26-19)22-16(12-24-23-3)15-7-5-6-8-17(15)27-22/h5-11,23-26H,12H2,1-4H3/b19-10-,22-20?. The number of hydrogen-bond donors (Lipinski definition) is 4. The molecule has 0 spiro atoms. The van der Waals surface area contributed by atoms with Gasteiger partial charge in [0, 0.05) is 34.8 Å². The molecule has 0 saturated carbocycles. The van der Waals surface area contributed by atoms with Crippen LogP contribution < -0.4 is 36.9 Å². The largest absolute Gasteiger partial charge is 0.494 e. The maximum Gasteiger partial charge on any atom is 0.144 e. The van der Waals surface area contributed by atoms with E-state index in [1.165, 1.54) is 5.56 Å². The van der Waals surface area contributed by atoms with Crippen LogP contribution in [0, 0.1) is 13.8 Å². The van der Waals surface area contributed by atoms with Crippen LogP contribution in [-0.4, -0.2) is 30.7 Å². The van der Waals surface area contributed by atoms with Crippen molar-refractivity contribution < 1.29 is 4.74 Å². The SMILES string of the molecule is CNNCC1=c2ccccc2=NC1=c1cc(OC)/c(=C/c2[nH]c(C)cc2C)[nH]1. The Bertz CT molecular complexity index is 1260. The number of fused-ring (bicyclic) bond motifs is 1. The molecule has 2 aromatic heterocycles. The van der Waals surface area contributed by atoms with Crippen molar-refractivity contribution in [2.75, 3.05) is 20.7 Å². The lowest BCUT2D eigenvalue weighted by Gasteiger charge is -2.05. The summed E-state index contributed by atoms with van der Waals surface area (Å²) in [5.74, 6) is 0.793. The molecule has 4 N–H and O–H groups in total. The molecule has 6 heteroatoms. The van der Waals surface area contributed by atoms with E-state index in [2.05, 4.69) is 52.9 Å². The molecule has 0 radical (unpaired) electrons. The fourth-order valence-corrected chi connectivity index (χ4v) is 3.62. The number of nitrogens with zero attached hydrogens (tertiary/aromatic N) is 1. The molecule has 1 aliphatic heterocycles. The number of para-hydroxylation sites is 1. The van der Waals surface area contributed by atoms with Crippen molar-refractivity contribution in [3.63, 3.8) is 0 Å². The Morgan fingerprint density at radius 2 is 1.96 bits per heavy atom. The van der Waals surface area contributed by atoms with Gasteiger partial charge in [0.2, 0.25) is 0 Å². The third-order valence-electron chi connectivity index (χ3n) is 4.95. The summed E-state index contributed by atoms with van der Waals surface area (Å²) in [4.78, 5) is 11.8. The predicted octanol–water partition coefficient (Wildman–Crippen LogP) is 0.113. The number of aromatic amines is 2. The lowest BCUT2D eigenvalue weighted by molar-refractivity contribution is 0.412. The molecule has 0 fully saturated rings. The van der Waals surface area contributed by atoms with Crippen molar-refractivity contribution in [1.82, 2.24) is 20.8 Å². The average Bonchev–Trinajstić information content (AvgIpc) is 3.35. The summed E-state index contributed by atoms with van der Waals surface area (Å²) in [5, 5.41) is 3.99. The Morgan fingerprint density at radius 3 is 2.68 bits per heavy atom. The van der Waals surface area contributed by atoms with Crippen molar-refractivity contribution in [2.24, 2.45) is 4.99 Å². The summed E-state index contributed by atoms with van der Waals surface area (Å²) >= 11 is 0. The molecular formula is C22H25N5O. The second-order valence-corrected chi connectivity index (χ2v) is 6.92. The molecule has 144 valence electrons. The number of hydrazine groups is 1. The van der Waals surface area contributed by atoms with Gasteiger partial charge in [-0.25, -0.2) is 4.99 Å². The molecular weight excluding hydrogens is 350 g/mol. The van der Waals surface area contributed by atoms with Crippen LogP contribution in [0.1, 0.15) is 17.0 Å². The van der Waals surface area contributed by atoms with Crippen LogP contribution in [0.5, 0.6) is 5.75 Å². The number of nitrogens with one attached hydrogen (secondary N) is 4. The molecule has 0 saturated heterocycles. The first-order valence-corrected chi connectivity index (χ1v) is 9.33. The average molecular weight is 375 g/mol. The third kappa shape index (κ3) is 3.28. The summed E-state index contributed by atoms with van der Waals surface area (Å²) in [6.07, 6.45) is 2.08. The molecule has 1 aromatic carbocycles. The molecule has 28 heavy (non-hydrogen) atoms. The maximum absolute atomic E-state index is 5.63. The van der Waals surface area contributed by atoms with Crippen LogP contribution in [0.15, 0.2) is 41.4 Å². The first kappa shape index (κ1) is 18.3. The van der Waals surface area contributed by atoms with Gasteiger partial charge in [-0.2, -0.15) is 0 Å². The van der Waals surface area contributed by atoms with Crippen LogP contribution in [0.3, 0.4) is 0 Å². The van der Waals surface area contributed by atoms with E-state index in [9.17, 15) is 0 Å². The van der Waals surface area contributed by atoms with E-state index >= 15 is 0 Å². The Morgan fingerprint density at radius 1 is 1.14 bits per heavy atom. The molecule has 0 unspecified atom stereocenters. The smallest absolute Gasteiger partial charge is 0.144 e. The molecule has 6 nitrogen and oxygen atoms in total. The van der Waals surface area contributed by atoms with Gasteiger partial charge in [-0.1, -0.05) is 18.2 Å². The molecule has 3 aromatic rings. The minimum absolute atomic E-state index is 0.668. The van der Waals surface area contributed by atoms with Gasteiger partial charge < -0.3 is 14.7 Å². The highest BCUT2D eigenvalue weighted by atomic mass is 16.5. The van der Waals surface area contributed by atoms with Gasteiger partial charge in [0.1, 0.15) is 5.75 Å². The van der Waals surface area contributed by atoms with Gasteiger partial charge in [0.05, 0.1) is 28.9 Å². The summed E-state index contributed by atoms with van der Waals surface area (Å²) < 4.78 is 5.63. The number of ether oxygens (including phenoxy) is 1.